The maximum atomic E-state index is 12.7. The largest absolute Gasteiger partial charge is 0.465 e. The summed E-state index contributed by atoms with van der Waals surface area (Å²) >= 11 is 1.07. The summed E-state index contributed by atoms with van der Waals surface area (Å²) in [6, 6.07) is 9.54. The Hall–Kier alpha value is -2.45. The Morgan fingerprint density at radius 2 is 2.04 bits per heavy atom. The van der Waals surface area contributed by atoms with E-state index in [0.717, 1.165) is 17.1 Å². The molecule has 0 radical (unpaired) electrons. The van der Waals surface area contributed by atoms with Crippen LogP contribution in [0.2, 0.25) is 0 Å². The van der Waals surface area contributed by atoms with Crippen LogP contribution >= 0.6 is 11.5 Å². The first-order valence-corrected chi connectivity index (χ1v) is 9.07. The molecule has 3 rings (SSSR count). The summed E-state index contributed by atoms with van der Waals surface area (Å²) in [5.74, 6) is -0.510. The van der Waals surface area contributed by atoms with Crippen LogP contribution in [0.25, 0.3) is 0 Å². The van der Waals surface area contributed by atoms with Crippen molar-refractivity contribution in [3.05, 3.63) is 47.2 Å². The van der Waals surface area contributed by atoms with E-state index in [9.17, 15) is 9.59 Å². The first-order chi connectivity index (χ1) is 12.5. The molecular weight excluding hydrogens is 354 g/mol. The van der Waals surface area contributed by atoms with Gasteiger partial charge in [-0.1, -0.05) is 30.3 Å². The van der Waals surface area contributed by atoms with Crippen LogP contribution in [-0.2, 0) is 9.47 Å². The molecule has 1 aliphatic heterocycles. The Balaban J connectivity index is 1.75. The fourth-order valence-electron chi connectivity index (χ4n) is 2.94. The van der Waals surface area contributed by atoms with E-state index < -0.39 is 5.97 Å². The summed E-state index contributed by atoms with van der Waals surface area (Å²) in [6.45, 7) is 4.55. The second-order valence-corrected chi connectivity index (χ2v) is 6.92. The number of aromatic nitrogens is 1. The maximum absolute atomic E-state index is 12.7. The molecule has 1 N–H and O–H groups in total. The maximum Gasteiger partial charge on any atom is 0.342 e. The molecule has 2 amide bonds. The van der Waals surface area contributed by atoms with Crippen molar-refractivity contribution >= 4 is 28.5 Å². The molecule has 7 nitrogen and oxygen atoms in total. The molecule has 8 heteroatoms. The van der Waals surface area contributed by atoms with Crippen molar-refractivity contribution in [1.82, 2.24) is 9.27 Å². The molecule has 2 heterocycles. The number of carbonyl (C=O) groups excluding carboxylic acids is 2. The quantitative estimate of drug-likeness (QED) is 0.833. The number of ether oxygens (including phenoxy) is 2. The Kier molecular flexibility index (Phi) is 5.53. The first-order valence-electron chi connectivity index (χ1n) is 8.30. The number of carbonyl (C=O) groups is 2. The second-order valence-electron chi connectivity index (χ2n) is 6.14. The highest BCUT2D eigenvalue weighted by Gasteiger charge is 2.30. The molecule has 2 aromatic rings. The number of hydrogen-bond acceptors (Lipinski definition) is 6. The Morgan fingerprint density at radius 1 is 1.31 bits per heavy atom. The van der Waals surface area contributed by atoms with Crippen molar-refractivity contribution in [2.45, 2.75) is 26.1 Å². The summed E-state index contributed by atoms with van der Waals surface area (Å²) in [7, 11) is 1.30. The van der Waals surface area contributed by atoms with Gasteiger partial charge in [0.05, 0.1) is 25.5 Å². The van der Waals surface area contributed by atoms with Gasteiger partial charge >= 0.3 is 12.0 Å². The fourth-order valence-corrected chi connectivity index (χ4v) is 3.72. The number of hydrogen-bond donors (Lipinski definition) is 1. The third-order valence-electron chi connectivity index (χ3n) is 4.19. The highest BCUT2D eigenvalue weighted by molar-refractivity contribution is 7.11. The summed E-state index contributed by atoms with van der Waals surface area (Å²) < 4.78 is 14.9. The lowest BCUT2D eigenvalue weighted by Gasteiger charge is -2.36. The molecule has 0 bridgehead atoms. The van der Waals surface area contributed by atoms with E-state index in [1.165, 1.54) is 7.11 Å². The normalized spacial score (nSPS) is 19.9. The first kappa shape index (κ1) is 18.3. The number of morpholine rings is 1. The van der Waals surface area contributed by atoms with Crippen molar-refractivity contribution < 1.29 is 19.1 Å². The predicted molar refractivity (Wildman–Crippen MR) is 98.5 cm³/mol. The van der Waals surface area contributed by atoms with Crippen LogP contribution in [0.15, 0.2) is 30.3 Å². The third-order valence-corrected chi connectivity index (χ3v) is 5.05. The molecular formula is C18H21N3O4S. The van der Waals surface area contributed by atoms with Crippen molar-refractivity contribution in [3.63, 3.8) is 0 Å². The van der Waals surface area contributed by atoms with Gasteiger partial charge in [-0.15, -0.1) is 0 Å². The number of rotatable bonds is 3. The summed E-state index contributed by atoms with van der Waals surface area (Å²) in [4.78, 5) is 26.4. The van der Waals surface area contributed by atoms with Crippen molar-refractivity contribution in [2.24, 2.45) is 0 Å². The monoisotopic (exact) mass is 375 g/mol. The fraction of sp³-hybridized carbons (Fsp3) is 0.389. The zero-order valence-corrected chi connectivity index (χ0v) is 15.7. The minimum absolute atomic E-state index is 0.0945. The zero-order valence-electron chi connectivity index (χ0n) is 14.9. The van der Waals surface area contributed by atoms with Gasteiger partial charge in [0.15, 0.2) is 0 Å². The topological polar surface area (TPSA) is 80.8 Å². The molecule has 0 spiro atoms. The molecule has 0 aliphatic carbocycles. The van der Waals surface area contributed by atoms with E-state index in [2.05, 4.69) is 9.69 Å². The van der Waals surface area contributed by atoms with E-state index in [4.69, 9.17) is 9.47 Å². The average Bonchev–Trinajstić information content (AvgIpc) is 3.01. The summed E-state index contributed by atoms with van der Waals surface area (Å²) in [5.41, 5.74) is 1.86. The minimum Gasteiger partial charge on any atom is -0.465 e. The van der Waals surface area contributed by atoms with Gasteiger partial charge in [0.25, 0.3) is 0 Å². The number of urea groups is 1. The van der Waals surface area contributed by atoms with E-state index in [1.807, 2.05) is 37.3 Å². The number of nitrogens with one attached hydrogen (secondary N) is 1. The molecule has 1 aromatic heterocycles. The SMILES string of the molecule is COC(=O)c1c(C)nsc1NC(=O)N1C[C@H](C)O[C@@H](c2ccccc2)C1. The van der Waals surface area contributed by atoms with Crippen LogP contribution in [0, 0.1) is 6.92 Å². The van der Waals surface area contributed by atoms with Crippen LogP contribution in [0.5, 0.6) is 0 Å². The molecule has 0 unspecified atom stereocenters. The van der Waals surface area contributed by atoms with Crippen LogP contribution in [0.3, 0.4) is 0 Å². The van der Waals surface area contributed by atoms with Gasteiger partial charge in [0.2, 0.25) is 0 Å². The number of esters is 1. The Labute approximate surface area is 156 Å². The van der Waals surface area contributed by atoms with Gasteiger partial charge in [0, 0.05) is 6.54 Å². The Bertz CT molecular complexity index is 793. The third kappa shape index (κ3) is 3.86. The molecule has 1 aromatic carbocycles. The van der Waals surface area contributed by atoms with E-state index >= 15 is 0 Å². The number of methoxy groups -OCH3 is 1. The van der Waals surface area contributed by atoms with Crippen LogP contribution in [-0.4, -0.2) is 47.6 Å². The van der Waals surface area contributed by atoms with E-state index in [0.29, 0.717) is 29.3 Å². The Morgan fingerprint density at radius 3 is 2.73 bits per heavy atom. The van der Waals surface area contributed by atoms with Gasteiger partial charge in [-0.3, -0.25) is 5.32 Å². The number of benzene rings is 1. The van der Waals surface area contributed by atoms with E-state index in [-0.39, 0.29) is 18.2 Å². The van der Waals surface area contributed by atoms with Crippen molar-refractivity contribution in [1.29, 1.82) is 0 Å². The molecule has 1 saturated heterocycles. The lowest BCUT2D eigenvalue weighted by atomic mass is 10.1. The lowest BCUT2D eigenvalue weighted by Crippen LogP contribution is -2.47. The highest BCUT2D eigenvalue weighted by Crippen LogP contribution is 2.28. The van der Waals surface area contributed by atoms with Crippen LogP contribution < -0.4 is 5.32 Å². The highest BCUT2D eigenvalue weighted by atomic mass is 32.1. The number of anilines is 1. The molecule has 1 fully saturated rings. The predicted octanol–water partition coefficient (Wildman–Crippen LogP) is 3.23. The lowest BCUT2D eigenvalue weighted by molar-refractivity contribution is -0.0642. The zero-order chi connectivity index (χ0) is 18.7. The van der Waals surface area contributed by atoms with Crippen molar-refractivity contribution in [3.8, 4) is 0 Å². The van der Waals surface area contributed by atoms with Gasteiger partial charge in [-0.25, -0.2) is 9.59 Å². The molecule has 0 saturated carbocycles. The van der Waals surface area contributed by atoms with Gasteiger partial charge in [-0.05, 0) is 30.9 Å². The number of aryl methyl sites for hydroxylation is 1. The second kappa shape index (κ2) is 7.84. The van der Waals surface area contributed by atoms with Crippen LogP contribution in [0.1, 0.15) is 34.6 Å². The molecule has 138 valence electrons. The molecule has 1 aliphatic rings. The number of amides is 2. The van der Waals surface area contributed by atoms with Crippen molar-refractivity contribution in [2.75, 3.05) is 25.5 Å². The van der Waals surface area contributed by atoms with Gasteiger partial charge < -0.3 is 14.4 Å². The summed E-state index contributed by atoms with van der Waals surface area (Å²) in [6.07, 6.45) is -0.281. The van der Waals surface area contributed by atoms with E-state index in [1.54, 1.807) is 11.8 Å². The van der Waals surface area contributed by atoms with Gasteiger partial charge in [-0.2, -0.15) is 4.37 Å². The van der Waals surface area contributed by atoms with Gasteiger partial charge in [0.1, 0.15) is 16.7 Å². The molecule has 26 heavy (non-hydrogen) atoms. The number of nitrogens with zero attached hydrogens (tertiary/aromatic N) is 2. The summed E-state index contributed by atoms with van der Waals surface area (Å²) in [5, 5.41) is 3.19. The standard InChI is InChI=1S/C18H21N3O4S/c1-11-9-21(10-14(25-11)13-7-5-4-6-8-13)18(23)19-16-15(17(22)24-3)12(2)20-26-16/h4-8,11,14H,9-10H2,1-3H3,(H,19,23)/t11-,14+/m0/s1. The smallest absolute Gasteiger partial charge is 0.342 e. The molecule has 2 atom stereocenters. The average molecular weight is 375 g/mol. The minimum atomic E-state index is -0.510. The van der Waals surface area contributed by atoms with Crippen LogP contribution in [0.4, 0.5) is 9.80 Å².